The monoisotopic (exact) mass is 364 g/mol. The molecule has 0 N–H and O–H groups in total. The van der Waals surface area contributed by atoms with Crippen LogP contribution in [0.4, 0.5) is 0 Å². The largest absolute Gasteiger partial charge is 0.470 e. The number of hydrogen-bond donors (Lipinski definition) is 0. The zero-order valence-corrected chi connectivity index (χ0v) is 16.1. The molecule has 1 aromatic heterocycles. The van der Waals surface area contributed by atoms with Gasteiger partial charge < -0.3 is 9.64 Å². The Morgan fingerprint density at radius 1 is 1.38 bits per heavy atom. The van der Waals surface area contributed by atoms with E-state index in [1.807, 2.05) is 18.2 Å². The van der Waals surface area contributed by atoms with Gasteiger partial charge >= 0.3 is 0 Å². The number of nitrogens with zero attached hydrogens (tertiary/aromatic N) is 2. The normalized spacial score (nSPS) is 30.4. The van der Waals surface area contributed by atoms with Gasteiger partial charge in [0.2, 0.25) is 0 Å². The number of benzene rings is 1. The van der Waals surface area contributed by atoms with Crippen molar-refractivity contribution in [3.8, 4) is 5.19 Å². The van der Waals surface area contributed by atoms with Crippen LogP contribution in [0.3, 0.4) is 0 Å². The molecular weight excluding hydrogens is 340 g/mol. The average molecular weight is 365 g/mol. The molecule has 5 heteroatoms. The Bertz CT molecular complexity index is 731. The maximum Gasteiger partial charge on any atom is 0.274 e. The highest BCUT2D eigenvalue weighted by Crippen LogP contribution is 2.44. The maximum atomic E-state index is 6.19. The van der Waals surface area contributed by atoms with Crippen LogP contribution in [-0.2, 0) is 0 Å². The van der Waals surface area contributed by atoms with E-state index in [-0.39, 0.29) is 0 Å². The number of fused-ring (bicyclic) bond motifs is 3. The highest BCUT2D eigenvalue weighted by atomic mass is 35.5. The van der Waals surface area contributed by atoms with Gasteiger partial charge in [-0.15, -0.1) is 0 Å². The zero-order valence-electron chi connectivity index (χ0n) is 14.5. The SMILES string of the molecule is CC(C)C1CC2CCC(C1COc1nc3ccc(Cl)cc3s1)N2C. The standard InChI is InChI=1S/C19H25ClN2OS/c1-11(2)14-9-13-5-7-17(22(13)3)15(14)10-23-19-21-16-6-4-12(20)8-18(16)24-19/h4,6,8,11,13-15,17H,5,7,9-10H2,1-3H3. The molecule has 4 atom stereocenters. The van der Waals surface area contributed by atoms with Crippen molar-refractivity contribution in [1.82, 2.24) is 9.88 Å². The molecule has 2 saturated heterocycles. The molecule has 2 aliphatic heterocycles. The Kier molecular flexibility index (Phi) is 4.48. The third-order valence-corrected chi connectivity index (χ3v) is 7.24. The number of halogens is 1. The molecule has 0 aliphatic carbocycles. The van der Waals surface area contributed by atoms with Crippen LogP contribution in [0.15, 0.2) is 18.2 Å². The smallest absolute Gasteiger partial charge is 0.274 e. The van der Waals surface area contributed by atoms with E-state index in [9.17, 15) is 0 Å². The molecule has 2 bridgehead atoms. The highest BCUT2D eigenvalue weighted by molar-refractivity contribution is 7.20. The molecule has 2 fully saturated rings. The van der Waals surface area contributed by atoms with Crippen molar-refractivity contribution in [3.63, 3.8) is 0 Å². The molecule has 3 heterocycles. The van der Waals surface area contributed by atoms with E-state index >= 15 is 0 Å². The van der Waals surface area contributed by atoms with E-state index in [0.717, 1.165) is 39.0 Å². The van der Waals surface area contributed by atoms with E-state index in [0.29, 0.717) is 17.9 Å². The molecule has 4 rings (SSSR count). The van der Waals surface area contributed by atoms with Crippen molar-refractivity contribution >= 4 is 33.2 Å². The molecule has 0 saturated carbocycles. The summed E-state index contributed by atoms with van der Waals surface area (Å²) in [5, 5.41) is 1.53. The van der Waals surface area contributed by atoms with E-state index in [1.165, 1.54) is 19.3 Å². The van der Waals surface area contributed by atoms with Gasteiger partial charge in [-0.2, -0.15) is 0 Å². The summed E-state index contributed by atoms with van der Waals surface area (Å²) in [6.45, 7) is 5.50. The fourth-order valence-corrected chi connectivity index (χ4v) is 5.82. The van der Waals surface area contributed by atoms with Crippen molar-refractivity contribution < 1.29 is 4.74 Å². The average Bonchev–Trinajstić information content (AvgIpc) is 3.03. The van der Waals surface area contributed by atoms with Gasteiger partial charge in [-0.3, -0.25) is 0 Å². The Balaban J connectivity index is 1.51. The van der Waals surface area contributed by atoms with Gasteiger partial charge in [-0.1, -0.05) is 36.8 Å². The van der Waals surface area contributed by atoms with Crippen molar-refractivity contribution in [3.05, 3.63) is 23.2 Å². The minimum Gasteiger partial charge on any atom is -0.470 e. The molecule has 24 heavy (non-hydrogen) atoms. The fourth-order valence-electron chi connectivity index (χ4n) is 4.72. The van der Waals surface area contributed by atoms with Crippen molar-refractivity contribution in [1.29, 1.82) is 0 Å². The maximum absolute atomic E-state index is 6.19. The third kappa shape index (κ3) is 2.93. The molecular formula is C19H25ClN2OS. The second-order valence-corrected chi connectivity index (χ2v) is 9.10. The first kappa shape index (κ1) is 16.6. The van der Waals surface area contributed by atoms with Gasteiger partial charge in [0.15, 0.2) is 0 Å². The molecule has 3 nitrogen and oxygen atoms in total. The Morgan fingerprint density at radius 3 is 3.00 bits per heavy atom. The van der Waals surface area contributed by atoms with Crippen LogP contribution >= 0.6 is 22.9 Å². The Hall–Kier alpha value is -0.840. The van der Waals surface area contributed by atoms with Crippen LogP contribution in [0.2, 0.25) is 5.02 Å². The minimum atomic E-state index is 0.601. The zero-order chi connectivity index (χ0) is 16.8. The van der Waals surface area contributed by atoms with Crippen LogP contribution < -0.4 is 4.74 Å². The van der Waals surface area contributed by atoms with Crippen molar-refractivity contribution in [2.75, 3.05) is 13.7 Å². The Morgan fingerprint density at radius 2 is 2.21 bits per heavy atom. The fraction of sp³-hybridized carbons (Fsp3) is 0.632. The van der Waals surface area contributed by atoms with Crippen molar-refractivity contribution in [2.45, 2.75) is 45.2 Å². The molecule has 2 aromatic rings. The number of hydrogen-bond acceptors (Lipinski definition) is 4. The second-order valence-electron chi connectivity index (χ2n) is 7.67. The van der Waals surface area contributed by atoms with Crippen LogP contribution in [0.5, 0.6) is 5.19 Å². The van der Waals surface area contributed by atoms with Gasteiger partial charge in [0, 0.05) is 23.0 Å². The number of piperidine rings is 1. The van der Waals surface area contributed by atoms with E-state index in [4.69, 9.17) is 16.3 Å². The summed E-state index contributed by atoms with van der Waals surface area (Å²) in [4.78, 5) is 7.21. The lowest BCUT2D eigenvalue weighted by Gasteiger charge is -2.44. The Labute approximate surface area is 153 Å². The lowest BCUT2D eigenvalue weighted by Crippen LogP contribution is -2.49. The predicted octanol–water partition coefficient (Wildman–Crippen LogP) is 5.08. The highest BCUT2D eigenvalue weighted by Gasteiger charge is 2.46. The summed E-state index contributed by atoms with van der Waals surface area (Å²) >= 11 is 7.67. The quantitative estimate of drug-likeness (QED) is 0.756. The molecule has 130 valence electrons. The number of rotatable bonds is 4. The molecule has 0 radical (unpaired) electrons. The van der Waals surface area contributed by atoms with Gasteiger partial charge in [0.1, 0.15) is 0 Å². The third-order valence-electron chi connectivity index (χ3n) is 6.07. The van der Waals surface area contributed by atoms with Gasteiger partial charge in [0.25, 0.3) is 5.19 Å². The number of thiazole rings is 1. The summed E-state index contributed by atoms with van der Waals surface area (Å²) in [5.74, 6) is 2.07. The van der Waals surface area contributed by atoms with Gasteiger partial charge in [0.05, 0.1) is 16.8 Å². The lowest BCUT2D eigenvalue weighted by molar-refractivity contribution is 0.0182. The first-order valence-corrected chi connectivity index (χ1v) is 10.1. The second kappa shape index (κ2) is 6.47. The minimum absolute atomic E-state index is 0.601. The lowest BCUT2D eigenvalue weighted by atomic mass is 9.74. The van der Waals surface area contributed by atoms with E-state index < -0.39 is 0 Å². The van der Waals surface area contributed by atoms with Crippen LogP contribution in [0.25, 0.3) is 10.2 Å². The molecule has 0 spiro atoms. The van der Waals surface area contributed by atoms with E-state index in [2.05, 4.69) is 30.8 Å². The summed E-state index contributed by atoms with van der Waals surface area (Å²) < 4.78 is 7.28. The first-order valence-electron chi connectivity index (χ1n) is 8.93. The van der Waals surface area contributed by atoms with Crippen molar-refractivity contribution in [2.24, 2.45) is 17.8 Å². The van der Waals surface area contributed by atoms with E-state index in [1.54, 1.807) is 11.3 Å². The topological polar surface area (TPSA) is 25.4 Å². The summed E-state index contributed by atoms with van der Waals surface area (Å²) in [6, 6.07) is 7.27. The van der Waals surface area contributed by atoms with Gasteiger partial charge in [-0.05, 0) is 56.3 Å². The molecule has 0 amide bonds. The van der Waals surface area contributed by atoms with Crippen LogP contribution in [0, 0.1) is 17.8 Å². The predicted molar refractivity (Wildman–Crippen MR) is 101 cm³/mol. The number of ether oxygens (including phenoxy) is 1. The first-order chi connectivity index (χ1) is 11.5. The summed E-state index contributed by atoms with van der Waals surface area (Å²) in [6.07, 6.45) is 3.97. The summed E-state index contributed by atoms with van der Waals surface area (Å²) in [5.41, 5.74) is 0.974. The summed E-state index contributed by atoms with van der Waals surface area (Å²) in [7, 11) is 2.30. The van der Waals surface area contributed by atoms with Gasteiger partial charge in [-0.25, -0.2) is 4.98 Å². The van der Waals surface area contributed by atoms with Crippen LogP contribution in [-0.4, -0.2) is 35.6 Å². The number of aromatic nitrogens is 1. The molecule has 1 aromatic carbocycles. The molecule has 4 unspecified atom stereocenters. The molecule has 2 aliphatic rings. The van der Waals surface area contributed by atoms with Crippen LogP contribution in [0.1, 0.15) is 33.1 Å².